The van der Waals surface area contributed by atoms with Crippen LogP contribution >= 0.6 is 0 Å². The zero-order valence-electron chi connectivity index (χ0n) is 12.0. The molecule has 0 unspecified atom stereocenters. The molecule has 0 atom stereocenters. The first kappa shape index (κ1) is 15.0. The van der Waals surface area contributed by atoms with E-state index in [1.54, 1.807) is 30.3 Å². The SMILES string of the molecule is O=C(Cc1ccc(-c2ccccc2F)nn1)c1ccc(F)cc1. The molecule has 1 aromatic heterocycles. The average Bonchev–Trinajstić information content (AvgIpc) is 2.57. The quantitative estimate of drug-likeness (QED) is 0.688. The highest BCUT2D eigenvalue weighted by molar-refractivity contribution is 5.97. The van der Waals surface area contributed by atoms with E-state index >= 15 is 0 Å². The molecular formula is C18H12F2N2O. The second-order valence-corrected chi connectivity index (χ2v) is 5.00. The summed E-state index contributed by atoms with van der Waals surface area (Å²) in [4.78, 5) is 12.1. The van der Waals surface area contributed by atoms with E-state index in [9.17, 15) is 13.6 Å². The predicted octanol–water partition coefficient (Wildman–Crippen LogP) is 3.85. The molecule has 2 aromatic carbocycles. The topological polar surface area (TPSA) is 42.9 Å². The van der Waals surface area contributed by atoms with Crippen molar-refractivity contribution in [2.24, 2.45) is 0 Å². The lowest BCUT2D eigenvalue weighted by atomic mass is 10.1. The number of ketones is 1. The summed E-state index contributed by atoms with van der Waals surface area (Å²) < 4.78 is 26.5. The van der Waals surface area contributed by atoms with Crippen LogP contribution in [-0.4, -0.2) is 16.0 Å². The highest BCUT2D eigenvalue weighted by atomic mass is 19.1. The van der Waals surface area contributed by atoms with Gasteiger partial charge in [-0.15, -0.1) is 0 Å². The molecule has 0 aliphatic rings. The van der Waals surface area contributed by atoms with Crippen molar-refractivity contribution in [2.45, 2.75) is 6.42 Å². The van der Waals surface area contributed by atoms with Gasteiger partial charge < -0.3 is 0 Å². The maximum Gasteiger partial charge on any atom is 0.168 e. The van der Waals surface area contributed by atoms with Gasteiger partial charge in [-0.3, -0.25) is 4.79 Å². The standard InChI is InChI=1S/C18H12F2N2O/c19-13-7-5-12(6-8-13)18(23)11-14-9-10-17(22-21-14)15-3-1-2-4-16(15)20/h1-10H,11H2. The summed E-state index contributed by atoms with van der Waals surface area (Å²) in [7, 11) is 0. The molecule has 114 valence electrons. The Morgan fingerprint density at radius 1 is 0.870 bits per heavy atom. The summed E-state index contributed by atoms with van der Waals surface area (Å²) in [6, 6.07) is 14.9. The third-order valence-electron chi connectivity index (χ3n) is 3.38. The molecule has 1 heterocycles. The summed E-state index contributed by atoms with van der Waals surface area (Å²) in [5.74, 6) is -0.953. The van der Waals surface area contributed by atoms with Gasteiger partial charge in [-0.2, -0.15) is 10.2 Å². The van der Waals surface area contributed by atoms with E-state index in [2.05, 4.69) is 10.2 Å². The highest BCUT2D eigenvalue weighted by Gasteiger charge is 2.10. The molecule has 23 heavy (non-hydrogen) atoms. The number of benzene rings is 2. The molecule has 0 N–H and O–H groups in total. The molecule has 3 aromatic rings. The van der Waals surface area contributed by atoms with Crippen LogP contribution in [0.2, 0.25) is 0 Å². The number of halogens is 2. The monoisotopic (exact) mass is 310 g/mol. The van der Waals surface area contributed by atoms with Gasteiger partial charge in [0.2, 0.25) is 0 Å². The van der Waals surface area contributed by atoms with Gasteiger partial charge in [0.1, 0.15) is 11.6 Å². The van der Waals surface area contributed by atoms with Gasteiger partial charge in [0.25, 0.3) is 0 Å². The minimum Gasteiger partial charge on any atom is -0.294 e. The van der Waals surface area contributed by atoms with Crippen LogP contribution in [0.4, 0.5) is 8.78 Å². The number of aromatic nitrogens is 2. The van der Waals surface area contributed by atoms with E-state index in [-0.39, 0.29) is 18.0 Å². The fraction of sp³-hybridized carbons (Fsp3) is 0.0556. The number of carbonyl (C=O) groups excluding carboxylic acids is 1. The van der Waals surface area contributed by atoms with Crippen LogP contribution in [0.1, 0.15) is 16.1 Å². The molecule has 0 amide bonds. The number of hydrogen-bond acceptors (Lipinski definition) is 3. The van der Waals surface area contributed by atoms with E-state index < -0.39 is 5.82 Å². The lowest BCUT2D eigenvalue weighted by Crippen LogP contribution is -2.06. The third kappa shape index (κ3) is 3.45. The number of rotatable bonds is 4. The summed E-state index contributed by atoms with van der Waals surface area (Å²) >= 11 is 0. The van der Waals surface area contributed by atoms with E-state index in [0.29, 0.717) is 22.5 Å². The van der Waals surface area contributed by atoms with E-state index in [4.69, 9.17) is 0 Å². The Morgan fingerprint density at radius 3 is 2.26 bits per heavy atom. The van der Waals surface area contributed by atoms with Gasteiger partial charge >= 0.3 is 0 Å². The van der Waals surface area contributed by atoms with Gasteiger partial charge in [-0.1, -0.05) is 12.1 Å². The van der Waals surface area contributed by atoms with Crippen molar-refractivity contribution in [1.29, 1.82) is 0 Å². The van der Waals surface area contributed by atoms with Crippen LogP contribution in [0.5, 0.6) is 0 Å². The maximum atomic E-state index is 13.7. The molecule has 0 saturated heterocycles. The number of hydrogen-bond donors (Lipinski definition) is 0. The average molecular weight is 310 g/mol. The van der Waals surface area contributed by atoms with Gasteiger partial charge in [0.15, 0.2) is 5.78 Å². The van der Waals surface area contributed by atoms with Crippen molar-refractivity contribution in [1.82, 2.24) is 10.2 Å². The minimum absolute atomic E-state index is 0.0518. The maximum absolute atomic E-state index is 13.7. The van der Waals surface area contributed by atoms with E-state index in [1.165, 1.54) is 30.3 Å². The van der Waals surface area contributed by atoms with Crippen molar-refractivity contribution >= 4 is 5.78 Å². The Hall–Kier alpha value is -2.95. The molecule has 0 spiro atoms. The normalized spacial score (nSPS) is 10.5. The van der Waals surface area contributed by atoms with Gasteiger partial charge in [0.05, 0.1) is 17.8 Å². The van der Waals surface area contributed by atoms with Gasteiger partial charge in [-0.05, 0) is 48.5 Å². The van der Waals surface area contributed by atoms with Crippen LogP contribution in [0, 0.1) is 11.6 Å². The van der Waals surface area contributed by atoms with E-state index in [0.717, 1.165) is 0 Å². The highest BCUT2D eigenvalue weighted by Crippen LogP contribution is 2.19. The first-order chi connectivity index (χ1) is 11.1. The van der Waals surface area contributed by atoms with Crippen molar-refractivity contribution < 1.29 is 13.6 Å². The van der Waals surface area contributed by atoms with Crippen LogP contribution in [-0.2, 0) is 6.42 Å². The molecular weight excluding hydrogens is 298 g/mol. The lowest BCUT2D eigenvalue weighted by Gasteiger charge is -2.04. The predicted molar refractivity (Wildman–Crippen MR) is 81.9 cm³/mol. The van der Waals surface area contributed by atoms with Gasteiger partial charge in [0, 0.05) is 11.1 Å². The van der Waals surface area contributed by atoms with Crippen LogP contribution < -0.4 is 0 Å². The fourth-order valence-corrected chi connectivity index (χ4v) is 2.17. The van der Waals surface area contributed by atoms with Crippen LogP contribution in [0.3, 0.4) is 0 Å². The summed E-state index contributed by atoms with van der Waals surface area (Å²) in [6.45, 7) is 0. The third-order valence-corrected chi connectivity index (χ3v) is 3.38. The number of nitrogens with zero attached hydrogens (tertiary/aromatic N) is 2. The molecule has 0 aliphatic heterocycles. The largest absolute Gasteiger partial charge is 0.294 e. The number of Topliss-reactive ketones (excluding diaryl/α,β-unsaturated/α-hetero) is 1. The zero-order valence-corrected chi connectivity index (χ0v) is 12.0. The van der Waals surface area contributed by atoms with Crippen LogP contribution in [0.15, 0.2) is 60.7 Å². The van der Waals surface area contributed by atoms with Crippen molar-refractivity contribution in [2.75, 3.05) is 0 Å². The molecule has 0 saturated carbocycles. The first-order valence-electron chi connectivity index (χ1n) is 7.00. The van der Waals surface area contributed by atoms with Crippen molar-refractivity contribution in [3.8, 4) is 11.3 Å². The molecule has 0 bridgehead atoms. The second-order valence-electron chi connectivity index (χ2n) is 5.00. The Morgan fingerprint density at radius 2 is 1.61 bits per heavy atom. The molecule has 3 rings (SSSR count). The van der Waals surface area contributed by atoms with Crippen LogP contribution in [0.25, 0.3) is 11.3 Å². The molecule has 0 aliphatic carbocycles. The molecule has 3 nitrogen and oxygen atoms in total. The second kappa shape index (κ2) is 6.44. The Bertz CT molecular complexity index is 830. The molecule has 0 radical (unpaired) electrons. The zero-order chi connectivity index (χ0) is 16.2. The van der Waals surface area contributed by atoms with Gasteiger partial charge in [-0.25, -0.2) is 8.78 Å². The summed E-state index contributed by atoms with van der Waals surface area (Å²) in [5, 5.41) is 7.94. The minimum atomic E-state index is -0.393. The molecule has 5 heteroatoms. The Labute approximate surface area is 131 Å². The van der Waals surface area contributed by atoms with Crippen molar-refractivity contribution in [3.05, 3.63) is 83.6 Å². The number of carbonyl (C=O) groups is 1. The summed E-state index contributed by atoms with van der Waals surface area (Å²) in [6.07, 6.45) is 0.0518. The first-order valence-corrected chi connectivity index (χ1v) is 7.00. The molecule has 0 fully saturated rings. The lowest BCUT2D eigenvalue weighted by molar-refractivity contribution is 0.0991. The van der Waals surface area contributed by atoms with E-state index in [1.807, 2.05) is 0 Å². The Kier molecular flexibility index (Phi) is 4.19. The fourth-order valence-electron chi connectivity index (χ4n) is 2.17. The van der Waals surface area contributed by atoms with Crippen molar-refractivity contribution in [3.63, 3.8) is 0 Å². The Balaban J connectivity index is 1.76. The summed E-state index contributed by atoms with van der Waals surface area (Å²) in [5.41, 5.74) is 1.64. The smallest absolute Gasteiger partial charge is 0.168 e.